The molecule has 2 aromatic rings. The zero-order valence-electron chi connectivity index (χ0n) is 15.3. The second-order valence-electron chi connectivity index (χ2n) is 6.50. The van der Waals surface area contributed by atoms with Gasteiger partial charge in [0.05, 0.1) is 18.9 Å². The fourth-order valence-corrected chi connectivity index (χ4v) is 2.82. The van der Waals surface area contributed by atoms with Crippen LogP contribution in [0.15, 0.2) is 42.7 Å². The van der Waals surface area contributed by atoms with Crippen molar-refractivity contribution in [2.75, 3.05) is 32.1 Å². The number of amides is 1. The Kier molecular flexibility index (Phi) is 5.55. The first-order valence-electron chi connectivity index (χ1n) is 8.69. The van der Waals surface area contributed by atoms with Crippen molar-refractivity contribution in [3.05, 3.63) is 42.7 Å². The number of carbonyl (C=O) groups is 1. The van der Waals surface area contributed by atoms with E-state index < -0.39 is 6.10 Å². The number of hydrogen-bond acceptors (Lipinski definition) is 6. The van der Waals surface area contributed by atoms with Gasteiger partial charge < -0.3 is 19.3 Å². The van der Waals surface area contributed by atoms with Gasteiger partial charge in [-0.2, -0.15) is 4.98 Å². The zero-order chi connectivity index (χ0) is 18.5. The summed E-state index contributed by atoms with van der Waals surface area (Å²) in [6.07, 6.45) is 3.42. The first-order chi connectivity index (χ1) is 12.5. The van der Waals surface area contributed by atoms with Crippen LogP contribution in [-0.2, 0) is 4.79 Å². The summed E-state index contributed by atoms with van der Waals surface area (Å²) in [7, 11) is 3.80. The molecule has 1 aromatic carbocycles. The summed E-state index contributed by atoms with van der Waals surface area (Å²) in [6, 6.07) is 9.37. The van der Waals surface area contributed by atoms with Crippen molar-refractivity contribution in [2.24, 2.45) is 0 Å². The van der Waals surface area contributed by atoms with Crippen LogP contribution < -0.4 is 14.4 Å². The number of anilines is 1. The lowest BCUT2D eigenvalue weighted by atomic mass is 10.3. The molecule has 1 aliphatic heterocycles. The predicted octanol–water partition coefficient (Wildman–Crippen LogP) is 1.99. The van der Waals surface area contributed by atoms with Crippen LogP contribution in [0.25, 0.3) is 0 Å². The van der Waals surface area contributed by atoms with Crippen molar-refractivity contribution >= 4 is 11.7 Å². The van der Waals surface area contributed by atoms with Gasteiger partial charge in [-0.25, -0.2) is 0 Å². The fraction of sp³-hybridized carbons (Fsp3) is 0.421. The number of likely N-dealkylation sites (tertiary alicyclic amines) is 1. The molecule has 3 rings (SSSR count). The predicted molar refractivity (Wildman–Crippen MR) is 98.5 cm³/mol. The van der Waals surface area contributed by atoms with Crippen molar-refractivity contribution in [2.45, 2.75) is 25.6 Å². The lowest BCUT2D eigenvalue weighted by Gasteiger charge is -2.22. The van der Waals surface area contributed by atoms with E-state index in [0.717, 1.165) is 12.2 Å². The molecule has 0 bridgehead atoms. The van der Waals surface area contributed by atoms with Crippen LogP contribution >= 0.6 is 0 Å². The molecule has 1 aliphatic rings. The van der Waals surface area contributed by atoms with Gasteiger partial charge in [-0.3, -0.25) is 9.78 Å². The summed E-state index contributed by atoms with van der Waals surface area (Å²) in [5.41, 5.74) is 0. The number of rotatable bonds is 6. The van der Waals surface area contributed by atoms with Gasteiger partial charge in [0.1, 0.15) is 11.9 Å². The molecular weight excluding hydrogens is 332 g/mol. The van der Waals surface area contributed by atoms with Crippen molar-refractivity contribution in [3.63, 3.8) is 0 Å². The lowest BCUT2D eigenvalue weighted by molar-refractivity contribution is -0.137. The van der Waals surface area contributed by atoms with Crippen LogP contribution in [0.4, 0.5) is 5.82 Å². The van der Waals surface area contributed by atoms with Gasteiger partial charge in [0, 0.05) is 27.1 Å². The van der Waals surface area contributed by atoms with Crippen LogP contribution in [0.2, 0.25) is 0 Å². The minimum Gasteiger partial charge on any atom is -0.481 e. The normalized spacial score (nSPS) is 17.7. The lowest BCUT2D eigenvalue weighted by Crippen LogP contribution is -2.40. The molecule has 1 aromatic heterocycles. The van der Waals surface area contributed by atoms with Crippen molar-refractivity contribution in [1.29, 1.82) is 0 Å². The molecule has 2 heterocycles. The molecule has 0 saturated carbocycles. The summed E-state index contributed by atoms with van der Waals surface area (Å²) < 4.78 is 11.6. The zero-order valence-corrected chi connectivity index (χ0v) is 15.3. The minimum absolute atomic E-state index is 0.0342. The topological polar surface area (TPSA) is 67.8 Å². The standard InChI is InChI=1S/C19H24N4O3/c1-14(25-15-7-5-4-6-8-15)19(24)23-10-9-16(13-23)26-18-12-20-11-17(21-18)22(2)3/h4-8,11-12,14,16H,9-10,13H2,1-3H3. The molecule has 2 atom stereocenters. The maximum atomic E-state index is 12.6. The van der Waals surface area contributed by atoms with Crippen LogP contribution in [0, 0.1) is 0 Å². The number of aromatic nitrogens is 2. The Labute approximate surface area is 153 Å². The van der Waals surface area contributed by atoms with Crippen LogP contribution in [0.3, 0.4) is 0 Å². The molecule has 2 unspecified atom stereocenters. The Morgan fingerprint density at radius 2 is 2.04 bits per heavy atom. The molecule has 0 aliphatic carbocycles. The highest BCUT2D eigenvalue weighted by molar-refractivity contribution is 5.81. The smallest absolute Gasteiger partial charge is 0.263 e. The van der Waals surface area contributed by atoms with E-state index in [1.54, 1.807) is 24.2 Å². The number of para-hydroxylation sites is 1. The summed E-state index contributed by atoms with van der Waals surface area (Å²) in [5.74, 6) is 1.87. The highest BCUT2D eigenvalue weighted by Gasteiger charge is 2.31. The Balaban J connectivity index is 1.54. The summed E-state index contributed by atoms with van der Waals surface area (Å²) in [6.45, 7) is 2.94. The molecule has 7 nitrogen and oxygen atoms in total. The fourth-order valence-electron chi connectivity index (χ4n) is 2.82. The average Bonchev–Trinajstić information content (AvgIpc) is 3.10. The summed E-state index contributed by atoms with van der Waals surface area (Å²) in [5, 5.41) is 0. The second-order valence-corrected chi connectivity index (χ2v) is 6.50. The van der Waals surface area contributed by atoms with E-state index in [1.807, 2.05) is 49.3 Å². The van der Waals surface area contributed by atoms with Crippen LogP contribution in [0.5, 0.6) is 11.6 Å². The van der Waals surface area contributed by atoms with Gasteiger partial charge in [0.2, 0.25) is 5.88 Å². The Hall–Kier alpha value is -2.83. The van der Waals surface area contributed by atoms with E-state index in [2.05, 4.69) is 9.97 Å². The monoisotopic (exact) mass is 356 g/mol. The first-order valence-corrected chi connectivity index (χ1v) is 8.69. The van der Waals surface area contributed by atoms with E-state index in [4.69, 9.17) is 9.47 Å². The van der Waals surface area contributed by atoms with Gasteiger partial charge in [-0.1, -0.05) is 18.2 Å². The number of ether oxygens (including phenoxy) is 2. The third kappa shape index (κ3) is 4.41. The third-order valence-electron chi connectivity index (χ3n) is 4.21. The average molecular weight is 356 g/mol. The SMILES string of the molecule is CC(Oc1ccccc1)C(=O)N1CCC(Oc2cncc(N(C)C)n2)C1. The number of hydrogen-bond donors (Lipinski definition) is 0. The Morgan fingerprint density at radius 1 is 1.27 bits per heavy atom. The first kappa shape index (κ1) is 18.0. The van der Waals surface area contributed by atoms with E-state index in [0.29, 0.717) is 24.7 Å². The molecule has 0 spiro atoms. The summed E-state index contributed by atoms with van der Waals surface area (Å²) in [4.78, 5) is 24.8. The number of carbonyl (C=O) groups excluding carboxylic acids is 1. The van der Waals surface area contributed by atoms with E-state index in [9.17, 15) is 4.79 Å². The van der Waals surface area contributed by atoms with E-state index in [-0.39, 0.29) is 12.0 Å². The second kappa shape index (κ2) is 8.03. The highest BCUT2D eigenvalue weighted by Crippen LogP contribution is 2.20. The molecule has 0 N–H and O–H groups in total. The molecule has 0 radical (unpaired) electrons. The largest absolute Gasteiger partial charge is 0.481 e. The number of nitrogens with zero attached hydrogens (tertiary/aromatic N) is 4. The van der Waals surface area contributed by atoms with Gasteiger partial charge in [0.25, 0.3) is 5.91 Å². The molecule has 138 valence electrons. The quantitative estimate of drug-likeness (QED) is 0.789. The van der Waals surface area contributed by atoms with Crippen molar-refractivity contribution in [1.82, 2.24) is 14.9 Å². The van der Waals surface area contributed by atoms with Gasteiger partial charge in [-0.15, -0.1) is 0 Å². The minimum atomic E-state index is -0.534. The molecule has 7 heteroatoms. The number of benzene rings is 1. The molecular formula is C19H24N4O3. The van der Waals surface area contributed by atoms with Crippen LogP contribution in [0.1, 0.15) is 13.3 Å². The van der Waals surface area contributed by atoms with Crippen LogP contribution in [-0.4, -0.2) is 60.2 Å². The Bertz CT molecular complexity index is 739. The molecule has 26 heavy (non-hydrogen) atoms. The van der Waals surface area contributed by atoms with Gasteiger partial charge in [-0.05, 0) is 19.1 Å². The molecule has 1 saturated heterocycles. The summed E-state index contributed by atoms with van der Waals surface area (Å²) >= 11 is 0. The van der Waals surface area contributed by atoms with E-state index >= 15 is 0 Å². The van der Waals surface area contributed by atoms with Gasteiger partial charge in [0.15, 0.2) is 11.9 Å². The van der Waals surface area contributed by atoms with E-state index in [1.165, 1.54) is 0 Å². The maximum Gasteiger partial charge on any atom is 0.263 e. The Morgan fingerprint density at radius 3 is 2.77 bits per heavy atom. The third-order valence-corrected chi connectivity index (χ3v) is 4.21. The molecule has 1 amide bonds. The van der Waals surface area contributed by atoms with Crippen molar-refractivity contribution in [3.8, 4) is 11.6 Å². The van der Waals surface area contributed by atoms with Gasteiger partial charge >= 0.3 is 0 Å². The van der Waals surface area contributed by atoms with Crippen molar-refractivity contribution < 1.29 is 14.3 Å². The highest BCUT2D eigenvalue weighted by atomic mass is 16.5. The maximum absolute atomic E-state index is 12.6. The molecule has 1 fully saturated rings.